The predicted molar refractivity (Wildman–Crippen MR) is 70.6 cm³/mol. The van der Waals surface area contributed by atoms with Crippen molar-refractivity contribution in [2.75, 3.05) is 6.54 Å². The molecule has 0 aliphatic rings. The Balaban J connectivity index is 1.85. The van der Waals surface area contributed by atoms with Crippen molar-refractivity contribution in [3.63, 3.8) is 0 Å². The molecule has 18 heavy (non-hydrogen) atoms. The molecule has 0 saturated carbocycles. The Hall–Kier alpha value is -1.39. The van der Waals surface area contributed by atoms with E-state index >= 15 is 0 Å². The Morgan fingerprint density at radius 2 is 2.17 bits per heavy atom. The van der Waals surface area contributed by atoms with Crippen molar-refractivity contribution in [1.29, 1.82) is 0 Å². The highest BCUT2D eigenvalue weighted by Gasteiger charge is 2.09. The smallest absolute Gasteiger partial charge is 0.223 e. The van der Waals surface area contributed by atoms with Crippen molar-refractivity contribution in [3.8, 4) is 0 Å². The average Bonchev–Trinajstić information content (AvgIpc) is 2.75. The number of nitrogens with zero attached hydrogens (tertiary/aromatic N) is 2. The van der Waals surface area contributed by atoms with E-state index in [-0.39, 0.29) is 6.04 Å². The Morgan fingerprint density at radius 1 is 1.39 bits per heavy atom. The fraction of sp³-hybridized carbons (Fsp3) is 0.385. The molecule has 0 fully saturated rings. The summed E-state index contributed by atoms with van der Waals surface area (Å²) >= 11 is 6.14. The van der Waals surface area contributed by atoms with Gasteiger partial charge in [-0.05, 0) is 18.6 Å². The van der Waals surface area contributed by atoms with Gasteiger partial charge in [-0.15, -0.1) is 0 Å². The zero-order valence-corrected chi connectivity index (χ0v) is 11.2. The molecule has 0 aliphatic carbocycles. The van der Waals surface area contributed by atoms with Crippen LogP contribution in [0.1, 0.15) is 30.2 Å². The van der Waals surface area contributed by atoms with Gasteiger partial charge in [0.25, 0.3) is 0 Å². The van der Waals surface area contributed by atoms with Crippen molar-refractivity contribution in [3.05, 3.63) is 46.6 Å². The molecule has 0 aliphatic heterocycles. The lowest BCUT2D eigenvalue weighted by molar-refractivity contribution is 0.386. The molecule has 1 heterocycles. The van der Waals surface area contributed by atoms with E-state index in [1.165, 1.54) is 0 Å². The number of aryl methyl sites for hydroxylation is 1. The molecule has 0 radical (unpaired) electrons. The minimum atomic E-state index is 0.201. The largest absolute Gasteiger partial charge is 0.340 e. The maximum Gasteiger partial charge on any atom is 0.223 e. The van der Waals surface area contributed by atoms with E-state index in [2.05, 4.69) is 22.4 Å². The van der Waals surface area contributed by atoms with Gasteiger partial charge in [0, 0.05) is 31.0 Å². The first-order valence-electron chi connectivity index (χ1n) is 5.94. The summed E-state index contributed by atoms with van der Waals surface area (Å²) in [5.41, 5.74) is 1.10. The first kappa shape index (κ1) is 13.1. The van der Waals surface area contributed by atoms with Crippen LogP contribution in [0.2, 0.25) is 5.02 Å². The molecule has 5 heteroatoms. The second-order valence-corrected chi connectivity index (χ2v) is 4.58. The minimum absolute atomic E-state index is 0.201. The van der Waals surface area contributed by atoms with E-state index < -0.39 is 0 Å². The third kappa shape index (κ3) is 3.31. The van der Waals surface area contributed by atoms with Gasteiger partial charge in [-0.3, -0.25) is 0 Å². The third-order valence-corrected chi connectivity index (χ3v) is 3.08. The van der Waals surface area contributed by atoms with E-state index in [1.807, 2.05) is 24.3 Å². The molecule has 1 N–H and O–H groups in total. The molecule has 0 amide bonds. The normalized spacial score (nSPS) is 12.6. The summed E-state index contributed by atoms with van der Waals surface area (Å²) in [6, 6.07) is 8.05. The van der Waals surface area contributed by atoms with Crippen molar-refractivity contribution >= 4 is 11.6 Å². The van der Waals surface area contributed by atoms with Crippen LogP contribution >= 0.6 is 11.6 Å². The fourth-order valence-electron chi connectivity index (χ4n) is 1.78. The fourth-order valence-corrected chi connectivity index (χ4v) is 2.08. The summed E-state index contributed by atoms with van der Waals surface area (Å²) in [4.78, 5) is 4.15. The maximum absolute atomic E-state index is 6.14. The Bertz CT molecular complexity index is 512. The van der Waals surface area contributed by atoms with Crippen molar-refractivity contribution in [2.24, 2.45) is 0 Å². The molecule has 1 atom stereocenters. The lowest BCUT2D eigenvalue weighted by Crippen LogP contribution is -2.22. The average molecular weight is 266 g/mol. The quantitative estimate of drug-likeness (QED) is 0.903. The third-order valence-electron chi connectivity index (χ3n) is 2.74. The van der Waals surface area contributed by atoms with Crippen LogP contribution in [0.4, 0.5) is 0 Å². The molecular formula is C13H16ClN3O. The lowest BCUT2D eigenvalue weighted by atomic mass is 10.1. The molecule has 96 valence electrons. The molecule has 2 aromatic rings. The van der Waals surface area contributed by atoms with E-state index in [0.717, 1.165) is 29.4 Å². The van der Waals surface area contributed by atoms with Gasteiger partial charge in [0.2, 0.25) is 5.89 Å². The van der Waals surface area contributed by atoms with Crippen LogP contribution in [0.15, 0.2) is 28.8 Å². The highest BCUT2D eigenvalue weighted by molar-refractivity contribution is 6.31. The van der Waals surface area contributed by atoms with Crippen molar-refractivity contribution in [1.82, 2.24) is 15.5 Å². The van der Waals surface area contributed by atoms with Gasteiger partial charge < -0.3 is 9.84 Å². The van der Waals surface area contributed by atoms with Gasteiger partial charge in [0.15, 0.2) is 5.82 Å². The molecule has 1 unspecified atom stereocenters. The number of hydrogen-bond acceptors (Lipinski definition) is 4. The summed E-state index contributed by atoms with van der Waals surface area (Å²) in [6.07, 6.45) is 0.742. The predicted octanol–water partition coefficient (Wildman–Crippen LogP) is 2.92. The van der Waals surface area contributed by atoms with Crippen LogP contribution in [0.25, 0.3) is 0 Å². The molecular weight excluding hydrogens is 250 g/mol. The van der Waals surface area contributed by atoms with Gasteiger partial charge in [-0.1, -0.05) is 35.0 Å². The van der Waals surface area contributed by atoms with E-state index in [0.29, 0.717) is 5.89 Å². The zero-order chi connectivity index (χ0) is 13.0. The summed E-state index contributed by atoms with van der Waals surface area (Å²) in [7, 11) is 0. The van der Waals surface area contributed by atoms with Gasteiger partial charge in [-0.2, -0.15) is 4.98 Å². The highest BCUT2D eigenvalue weighted by atomic mass is 35.5. The summed E-state index contributed by atoms with van der Waals surface area (Å²) in [5.74, 6) is 1.33. The SMILES string of the molecule is Cc1nc(CCNC(C)c2ccccc2Cl)no1. The Morgan fingerprint density at radius 3 is 2.83 bits per heavy atom. The molecule has 0 bridgehead atoms. The number of hydrogen-bond donors (Lipinski definition) is 1. The molecule has 4 nitrogen and oxygen atoms in total. The van der Waals surface area contributed by atoms with Crippen molar-refractivity contribution < 1.29 is 4.52 Å². The van der Waals surface area contributed by atoms with Gasteiger partial charge >= 0.3 is 0 Å². The number of nitrogens with one attached hydrogen (secondary N) is 1. The maximum atomic E-state index is 6.14. The van der Waals surface area contributed by atoms with Crippen LogP contribution in [0.5, 0.6) is 0 Å². The monoisotopic (exact) mass is 265 g/mol. The second-order valence-electron chi connectivity index (χ2n) is 4.18. The molecule has 0 spiro atoms. The molecule has 2 rings (SSSR count). The minimum Gasteiger partial charge on any atom is -0.340 e. The number of aromatic nitrogens is 2. The lowest BCUT2D eigenvalue weighted by Gasteiger charge is -2.14. The number of rotatable bonds is 5. The van der Waals surface area contributed by atoms with E-state index in [4.69, 9.17) is 16.1 Å². The van der Waals surface area contributed by atoms with E-state index in [1.54, 1.807) is 6.92 Å². The topological polar surface area (TPSA) is 51.0 Å². The molecule has 1 aromatic heterocycles. The van der Waals surface area contributed by atoms with Gasteiger partial charge in [0.05, 0.1) is 0 Å². The van der Waals surface area contributed by atoms with Gasteiger partial charge in [-0.25, -0.2) is 0 Å². The van der Waals surface area contributed by atoms with Crippen molar-refractivity contribution in [2.45, 2.75) is 26.3 Å². The van der Waals surface area contributed by atoms with Crippen LogP contribution in [-0.2, 0) is 6.42 Å². The second kappa shape index (κ2) is 5.98. The molecule has 1 aromatic carbocycles. The number of benzene rings is 1. The van der Waals surface area contributed by atoms with Crippen LogP contribution < -0.4 is 5.32 Å². The van der Waals surface area contributed by atoms with Crippen LogP contribution in [-0.4, -0.2) is 16.7 Å². The Labute approximate surface area is 111 Å². The summed E-state index contributed by atoms with van der Waals surface area (Å²) in [5, 5.41) is 8.03. The van der Waals surface area contributed by atoms with E-state index in [9.17, 15) is 0 Å². The first-order chi connectivity index (χ1) is 8.66. The zero-order valence-electron chi connectivity index (χ0n) is 10.5. The standard InChI is InChI=1S/C13H16ClN3O/c1-9(11-5-3-4-6-12(11)14)15-8-7-13-16-10(2)18-17-13/h3-6,9,15H,7-8H2,1-2H3. The Kier molecular flexibility index (Phi) is 4.33. The summed E-state index contributed by atoms with van der Waals surface area (Å²) < 4.78 is 4.92. The van der Waals surface area contributed by atoms with Crippen LogP contribution in [0.3, 0.4) is 0 Å². The van der Waals surface area contributed by atoms with Crippen LogP contribution in [0, 0.1) is 6.92 Å². The first-order valence-corrected chi connectivity index (χ1v) is 6.31. The highest BCUT2D eigenvalue weighted by Crippen LogP contribution is 2.21. The molecule has 0 saturated heterocycles. The number of halogens is 1. The van der Waals surface area contributed by atoms with Gasteiger partial charge in [0.1, 0.15) is 0 Å². The summed E-state index contributed by atoms with van der Waals surface area (Å²) in [6.45, 7) is 4.66.